The number of nitrogens with zero attached hydrogens (tertiary/aromatic N) is 1. The maximum absolute atomic E-state index is 14.0. The lowest BCUT2D eigenvalue weighted by Crippen LogP contribution is -2.37. The van der Waals surface area contributed by atoms with E-state index in [1.807, 2.05) is 11.8 Å². The fraction of sp³-hybridized carbons (Fsp3) is 0.538. The van der Waals surface area contributed by atoms with Crippen LogP contribution in [0, 0.1) is 5.82 Å². The molecule has 1 aliphatic rings. The normalized spacial score (nSPS) is 22.6. The number of para-hydroxylation sites is 1. The molecule has 1 heterocycles. The largest absolute Gasteiger partial charge is 0.389 e. The van der Waals surface area contributed by atoms with Crippen LogP contribution >= 0.6 is 11.8 Å². The highest BCUT2D eigenvalue weighted by Gasteiger charge is 2.23. The van der Waals surface area contributed by atoms with Gasteiger partial charge in [0.1, 0.15) is 5.82 Å². The summed E-state index contributed by atoms with van der Waals surface area (Å²) in [6.07, 6.45) is -0.634. The molecule has 94 valence electrons. The monoisotopic (exact) mass is 255 g/mol. The first-order chi connectivity index (χ1) is 8.09. The first-order valence-electron chi connectivity index (χ1n) is 5.92. The van der Waals surface area contributed by atoms with Crippen molar-refractivity contribution < 1.29 is 9.50 Å². The van der Waals surface area contributed by atoms with Gasteiger partial charge in [-0.1, -0.05) is 19.1 Å². The number of benzene rings is 1. The summed E-state index contributed by atoms with van der Waals surface area (Å²) in [7, 11) is 0. The Morgan fingerprint density at radius 3 is 2.94 bits per heavy atom. The lowest BCUT2D eigenvalue weighted by Gasteiger charge is -2.34. The summed E-state index contributed by atoms with van der Waals surface area (Å²) in [5, 5.41) is 10.2. The Balaban J connectivity index is 2.35. The summed E-state index contributed by atoms with van der Waals surface area (Å²) in [5.41, 5.74) is 1.26. The second-order valence-corrected chi connectivity index (χ2v) is 6.03. The van der Waals surface area contributed by atoms with Crippen molar-refractivity contribution >= 4 is 17.4 Å². The van der Waals surface area contributed by atoms with Crippen LogP contribution in [0.1, 0.15) is 25.5 Å². The third kappa shape index (κ3) is 2.75. The predicted molar refractivity (Wildman–Crippen MR) is 71.2 cm³/mol. The van der Waals surface area contributed by atoms with E-state index in [-0.39, 0.29) is 5.82 Å². The van der Waals surface area contributed by atoms with E-state index in [0.717, 1.165) is 18.8 Å². The van der Waals surface area contributed by atoms with Crippen molar-refractivity contribution in [2.24, 2.45) is 0 Å². The zero-order valence-corrected chi connectivity index (χ0v) is 11.0. The number of anilines is 1. The van der Waals surface area contributed by atoms with E-state index in [9.17, 15) is 9.50 Å². The van der Waals surface area contributed by atoms with Gasteiger partial charge in [-0.15, -0.1) is 0 Å². The van der Waals surface area contributed by atoms with E-state index in [2.05, 4.69) is 11.8 Å². The van der Waals surface area contributed by atoms with E-state index in [1.54, 1.807) is 19.1 Å². The molecule has 1 aromatic carbocycles. The zero-order valence-electron chi connectivity index (χ0n) is 10.2. The van der Waals surface area contributed by atoms with Crippen LogP contribution in [0.5, 0.6) is 0 Å². The van der Waals surface area contributed by atoms with Gasteiger partial charge in [0.15, 0.2) is 0 Å². The fourth-order valence-electron chi connectivity index (χ4n) is 2.22. The highest BCUT2D eigenvalue weighted by molar-refractivity contribution is 8.00. The minimum absolute atomic E-state index is 0.234. The van der Waals surface area contributed by atoms with Crippen molar-refractivity contribution in [2.75, 3.05) is 23.7 Å². The minimum atomic E-state index is -0.634. The molecular weight excluding hydrogens is 237 g/mol. The van der Waals surface area contributed by atoms with Crippen molar-refractivity contribution in [1.29, 1.82) is 0 Å². The van der Waals surface area contributed by atoms with Gasteiger partial charge in [-0.2, -0.15) is 11.8 Å². The molecule has 17 heavy (non-hydrogen) atoms. The van der Waals surface area contributed by atoms with E-state index < -0.39 is 6.10 Å². The van der Waals surface area contributed by atoms with Gasteiger partial charge in [0, 0.05) is 29.7 Å². The summed E-state index contributed by atoms with van der Waals surface area (Å²) < 4.78 is 14.0. The quantitative estimate of drug-likeness (QED) is 0.879. The number of rotatable bonds is 2. The van der Waals surface area contributed by atoms with Crippen LogP contribution in [0.25, 0.3) is 0 Å². The molecule has 1 saturated heterocycles. The molecule has 0 spiro atoms. The number of aliphatic hydroxyl groups excluding tert-OH is 1. The van der Waals surface area contributed by atoms with E-state index >= 15 is 0 Å². The fourth-order valence-corrected chi connectivity index (χ4v) is 3.24. The van der Waals surface area contributed by atoms with Gasteiger partial charge in [-0.3, -0.25) is 0 Å². The molecule has 2 unspecified atom stereocenters. The first-order valence-corrected chi connectivity index (χ1v) is 6.97. The standard InChI is InChI=1S/C13H18FNOS/c1-9-8-15(6-7-17-9)13-11(10(2)16)4-3-5-12(13)14/h3-5,9-10,16H,6-8H2,1-2H3. The average molecular weight is 255 g/mol. The van der Waals surface area contributed by atoms with Crippen molar-refractivity contribution in [1.82, 2.24) is 0 Å². The Hall–Kier alpha value is -0.740. The topological polar surface area (TPSA) is 23.5 Å². The summed E-state index contributed by atoms with van der Waals surface area (Å²) >= 11 is 1.91. The van der Waals surface area contributed by atoms with Gasteiger partial charge < -0.3 is 10.0 Å². The third-order valence-electron chi connectivity index (χ3n) is 3.03. The predicted octanol–water partition coefficient (Wildman–Crippen LogP) is 2.82. The number of hydrogen-bond acceptors (Lipinski definition) is 3. The van der Waals surface area contributed by atoms with Gasteiger partial charge in [-0.05, 0) is 13.0 Å². The first kappa shape index (κ1) is 12.7. The Morgan fingerprint density at radius 2 is 2.29 bits per heavy atom. The van der Waals surface area contributed by atoms with Crippen LogP contribution in [-0.2, 0) is 0 Å². The molecule has 0 saturated carbocycles. The summed E-state index contributed by atoms with van der Waals surface area (Å²) in [5.74, 6) is 0.775. The summed E-state index contributed by atoms with van der Waals surface area (Å²) in [6, 6.07) is 4.92. The molecule has 0 aliphatic carbocycles. The smallest absolute Gasteiger partial charge is 0.146 e. The van der Waals surface area contributed by atoms with Gasteiger partial charge in [-0.25, -0.2) is 4.39 Å². The molecule has 0 radical (unpaired) electrons. The van der Waals surface area contributed by atoms with Gasteiger partial charge in [0.05, 0.1) is 11.8 Å². The maximum Gasteiger partial charge on any atom is 0.146 e. The Labute approximate surface area is 106 Å². The lowest BCUT2D eigenvalue weighted by atomic mass is 10.1. The zero-order chi connectivity index (χ0) is 12.4. The number of thioether (sulfide) groups is 1. The molecule has 0 amide bonds. The molecule has 1 aliphatic heterocycles. The number of hydrogen-bond donors (Lipinski definition) is 1. The van der Waals surface area contributed by atoms with Crippen molar-refractivity contribution in [3.05, 3.63) is 29.6 Å². The molecule has 2 atom stereocenters. The molecule has 1 aromatic rings. The van der Waals surface area contributed by atoms with Crippen LogP contribution in [-0.4, -0.2) is 29.2 Å². The lowest BCUT2D eigenvalue weighted by molar-refractivity contribution is 0.199. The van der Waals surface area contributed by atoms with Crippen molar-refractivity contribution in [3.63, 3.8) is 0 Å². The molecule has 0 bridgehead atoms. The van der Waals surface area contributed by atoms with Gasteiger partial charge in [0.2, 0.25) is 0 Å². The van der Waals surface area contributed by atoms with Crippen molar-refractivity contribution in [2.45, 2.75) is 25.2 Å². The molecule has 2 rings (SSSR count). The molecule has 0 aromatic heterocycles. The van der Waals surface area contributed by atoms with E-state index in [0.29, 0.717) is 16.5 Å². The van der Waals surface area contributed by atoms with Gasteiger partial charge in [0.25, 0.3) is 0 Å². The second-order valence-electron chi connectivity index (χ2n) is 4.48. The SMILES string of the molecule is CC1CN(c2c(F)cccc2C(C)O)CCS1. The van der Waals surface area contributed by atoms with E-state index in [4.69, 9.17) is 0 Å². The molecular formula is C13H18FNOS. The Morgan fingerprint density at radius 1 is 1.53 bits per heavy atom. The summed E-state index contributed by atoms with van der Waals surface area (Å²) in [6.45, 7) is 5.51. The van der Waals surface area contributed by atoms with Crippen LogP contribution in [0.3, 0.4) is 0 Å². The molecule has 2 nitrogen and oxygen atoms in total. The van der Waals surface area contributed by atoms with Crippen LogP contribution in [0.15, 0.2) is 18.2 Å². The molecule has 4 heteroatoms. The molecule has 1 N–H and O–H groups in total. The van der Waals surface area contributed by atoms with Crippen LogP contribution in [0.2, 0.25) is 0 Å². The highest BCUT2D eigenvalue weighted by Crippen LogP contribution is 2.32. The third-order valence-corrected chi connectivity index (χ3v) is 4.16. The van der Waals surface area contributed by atoms with Crippen LogP contribution < -0.4 is 4.90 Å². The van der Waals surface area contributed by atoms with Crippen LogP contribution in [0.4, 0.5) is 10.1 Å². The highest BCUT2D eigenvalue weighted by atomic mass is 32.2. The molecule has 1 fully saturated rings. The van der Waals surface area contributed by atoms with Crippen molar-refractivity contribution in [3.8, 4) is 0 Å². The minimum Gasteiger partial charge on any atom is -0.389 e. The maximum atomic E-state index is 14.0. The van der Waals surface area contributed by atoms with Gasteiger partial charge >= 0.3 is 0 Å². The summed E-state index contributed by atoms with van der Waals surface area (Å²) in [4.78, 5) is 2.05. The Kier molecular flexibility index (Phi) is 3.94. The average Bonchev–Trinajstić information content (AvgIpc) is 2.28. The second kappa shape index (κ2) is 5.27. The Bertz CT molecular complexity index is 397. The number of halogens is 1. The number of aliphatic hydroxyl groups is 1. The van der Waals surface area contributed by atoms with E-state index in [1.165, 1.54) is 6.07 Å².